The Morgan fingerprint density at radius 2 is 2.32 bits per heavy atom. The molecule has 0 aliphatic carbocycles. The van der Waals surface area contributed by atoms with Gasteiger partial charge in [-0.05, 0) is 42.8 Å². The van der Waals surface area contributed by atoms with Gasteiger partial charge in [0, 0.05) is 23.1 Å². The highest BCUT2D eigenvalue weighted by Crippen LogP contribution is 2.30. The minimum Gasteiger partial charge on any atom is -0.338 e. The fourth-order valence-electron chi connectivity index (χ4n) is 1.61. The van der Waals surface area contributed by atoms with Crippen LogP contribution in [-0.2, 0) is 0 Å². The fourth-order valence-corrected chi connectivity index (χ4v) is 2.32. The smallest absolute Gasteiger partial charge is 0.328 e. The SMILES string of the molecule is CCNC(=O)N(c1nnns1)c1ccc(Cl)cc1C. The van der Waals surface area contributed by atoms with E-state index < -0.39 is 0 Å². The summed E-state index contributed by atoms with van der Waals surface area (Å²) < 4.78 is 3.69. The normalized spacial score (nSPS) is 10.3. The zero-order valence-corrected chi connectivity index (χ0v) is 12.0. The van der Waals surface area contributed by atoms with E-state index in [0.29, 0.717) is 22.4 Å². The number of urea groups is 1. The van der Waals surface area contributed by atoms with Crippen molar-refractivity contribution >= 4 is 40.0 Å². The van der Waals surface area contributed by atoms with Crippen LogP contribution in [0.1, 0.15) is 12.5 Å². The summed E-state index contributed by atoms with van der Waals surface area (Å²) in [4.78, 5) is 13.6. The van der Waals surface area contributed by atoms with Gasteiger partial charge in [-0.1, -0.05) is 21.2 Å². The molecule has 2 amide bonds. The lowest BCUT2D eigenvalue weighted by Crippen LogP contribution is -2.37. The first-order valence-corrected chi connectivity index (χ1v) is 6.77. The number of aryl methyl sites for hydroxylation is 1. The lowest BCUT2D eigenvalue weighted by atomic mass is 10.2. The van der Waals surface area contributed by atoms with Crippen LogP contribution in [0.2, 0.25) is 5.02 Å². The average Bonchev–Trinajstić information content (AvgIpc) is 2.86. The lowest BCUT2D eigenvalue weighted by molar-refractivity contribution is 0.249. The van der Waals surface area contributed by atoms with Crippen molar-refractivity contribution in [3.05, 3.63) is 28.8 Å². The van der Waals surface area contributed by atoms with Crippen molar-refractivity contribution in [1.82, 2.24) is 20.1 Å². The van der Waals surface area contributed by atoms with E-state index >= 15 is 0 Å². The second-order valence-electron chi connectivity index (χ2n) is 3.75. The number of carbonyl (C=O) groups excluding carboxylic acids is 1. The Kier molecular flexibility index (Phi) is 4.28. The van der Waals surface area contributed by atoms with Gasteiger partial charge in [-0.3, -0.25) is 0 Å². The summed E-state index contributed by atoms with van der Waals surface area (Å²) in [5, 5.41) is 11.1. The van der Waals surface area contributed by atoms with Gasteiger partial charge in [-0.2, -0.15) is 0 Å². The molecule has 1 aromatic carbocycles. The summed E-state index contributed by atoms with van der Waals surface area (Å²) in [6.07, 6.45) is 0. The zero-order chi connectivity index (χ0) is 13.8. The number of anilines is 2. The summed E-state index contributed by atoms with van der Waals surface area (Å²) in [6.45, 7) is 4.25. The van der Waals surface area contributed by atoms with E-state index in [1.165, 1.54) is 4.90 Å². The second kappa shape index (κ2) is 5.94. The number of hydrogen-bond donors (Lipinski definition) is 1. The lowest BCUT2D eigenvalue weighted by Gasteiger charge is -2.21. The average molecular weight is 298 g/mol. The Labute approximate surface area is 119 Å². The van der Waals surface area contributed by atoms with Crippen LogP contribution < -0.4 is 10.2 Å². The molecule has 1 heterocycles. The molecule has 0 aliphatic rings. The molecular formula is C11H12ClN5OS. The zero-order valence-electron chi connectivity index (χ0n) is 10.4. The molecule has 0 atom stereocenters. The Hall–Kier alpha value is -1.73. The van der Waals surface area contributed by atoms with Crippen LogP contribution in [0.15, 0.2) is 18.2 Å². The molecule has 0 bridgehead atoms. The Morgan fingerprint density at radius 1 is 1.53 bits per heavy atom. The van der Waals surface area contributed by atoms with Crippen LogP contribution >= 0.6 is 23.1 Å². The van der Waals surface area contributed by atoms with Gasteiger partial charge in [0.25, 0.3) is 0 Å². The standard InChI is InChI=1S/C11H12ClN5OS/c1-3-13-10(18)17(11-14-15-16-19-11)9-5-4-8(12)6-7(9)2/h4-6H,3H2,1-2H3,(H,13,18). The topological polar surface area (TPSA) is 71.0 Å². The number of hydrogen-bond acceptors (Lipinski definition) is 5. The predicted molar refractivity (Wildman–Crippen MR) is 75.1 cm³/mol. The van der Waals surface area contributed by atoms with Crippen molar-refractivity contribution in [2.45, 2.75) is 13.8 Å². The minimum absolute atomic E-state index is 0.272. The molecule has 1 aromatic heterocycles. The Morgan fingerprint density at radius 3 is 2.89 bits per heavy atom. The van der Waals surface area contributed by atoms with Crippen LogP contribution in [0.4, 0.5) is 15.6 Å². The molecule has 0 unspecified atom stereocenters. The van der Waals surface area contributed by atoms with E-state index in [-0.39, 0.29) is 6.03 Å². The Balaban J connectivity index is 2.45. The molecule has 1 N–H and O–H groups in total. The van der Waals surface area contributed by atoms with Crippen molar-refractivity contribution in [3.63, 3.8) is 0 Å². The number of amides is 2. The van der Waals surface area contributed by atoms with Gasteiger partial charge in [0.05, 0.1) is 5.69 Å². The first-order chi connectivity index (χ1) is 9.13. The van der Waals surface area contributed by atoms with Gasteiger partial charge < -0.3 is 5.32 Å². The van der Waals surface area contributed by atoms with E-state index in [1.54, 1.807) is 18.2 Å². The van der Waals surface area contributed by atoms with Crippen LogP contribution in [-0.4, -0.2) is 27.4 Å². The van der Waals surface area contributed by atoms with E-state index in [1.807, 2.05) is 13.8 Å². The van der Waals surface area contributed by atoms with Crippen molar-refractivity contribution in [1.29, 1.82) is 0 Å². The van der Waals surface area contributed by atoms with Gasteiger partial charge in [0.15, 0.2) is 0 Å². The molecule has 2 rings (SSSR count). The number of rotatable bonds is 3. The van der Waals surface area contributed by atoms with Crippen molar-refractivity contribution in [2.75, 3.05) is 11.4 Å². The van der Waals surface area contributed by atoms with Crippen LogP contribution in [0.25, 0.3) is 0 Å². The van der Waals surface area contributed by atoms with Gasteiger partial charge in [-0.15, -0.1) is 0 Å². The van der Waals surface area contributed by atoms with E-state index in [2.05, 4.69) is 20.1 Å². The molecule has 6 nitrogen and oxygen atoms in total. The van der Waals surface area contributed by atoms with Crippen molar-refractivity contribution < 1.29 is 4.79 Å². The van der Waals surface area contributed by atoms with E-state index in [9.17, 15) is 4.79 Å². The molecule has 0 aliphatic heterocycles. The van der Waals surface area contributed by atoms with Crippen LogP contribution in [0, 0.1) is 6.92 Å². The molecule has 100 valence electrons. The van der Waals surface area contributed by atoms with Crippen LogP contribution in [0.5, 0.6) is 0 Å². The van der Waals surface area contributed by atoms with Gasteiger partial charge in [-0.25, -0.2) is 9.69 Å². The number of aromatic nitrogens is 3. The predicted octanol–water partition coefficient (Wildman–Crippen LogP) is 2.76. The van der Waals surface area contributed by atoms with Gasteiger partial charge in [0.1, 0.15) is 0 Å². The Bertz CT molecular complexity index is 574. The highest BCUT2D eigenvalue weighted by Gasteiger charge is 2.22. The summed E-state index contributed by atoms with van der Waals surface area (Å²) in [5.41, 5.74) is 1.57. The first kappa shape index (κ1) is 13.7. The quantitative estimate of drug-likeness (QED) is 0.945. The molecule has 19 heavy (non-hydrogen) atoms. The number of benzene rings is 1. The van der Waals surface area contributed by atoms with Crippen molar-refractivity contribution in [3.8, 4) is 0 Å². The number of carbonyl (C=O) groups is 1. The summed E-state index contributed by atoms with van der Waals surface area (Å²) >= 11 is 6.98. The molecule has 8 heteroatoms. The number of nitrogens with one attached hydrogen (secondary N) is 1. The third kappa shape index (κ3) is 2.99. The molecule has 0 fully saturated rings. The van der Waals surface area contributed by atoms with E-state index in [0.717, 1.165) is 17.1 Å². The van der Waals surface area contributed by atoms with Crippen LogP contribution in [0.3, 0.4) is 0 Å². The minimum atomic E-state index is -0.272. The molecule has 0 saturated carbocycles. The molecule has 0 spiro atoms. The summed E-state index contributed by atoms with van der Waals surface area (Å²) in [6, 6.07) is 5.02. The summed E-state index contributed by atoms with van der Waals surface area (Å²) in [5.74, 6) is 0. The second-order valence-corrected chi connectivity index (χ2v) is 4.89. The highest BCUT2D eigenvalue weighted by molar-refractivity contribution is 7.09. The van der Waals surface area contributed by atoms with Crippen molar-refractivity contribution in [2.24, 2.45) is 0 Å². The third-order valence-electron chi connectivity index (χ3n) is 2.41. The number of nitrogens with zero attached hydrogens (tertiary/aromatic N) is 4. The highest BCUT2D eigenvalue weighted by atomic mass is 35.5. The van der Waals surface area contributed by atoms with E-state index in [4.69, 9.17) is 11.6 Å². The molecular weight excluding hydrogens is 286 g/mol. The monoisotopic (exact) mass is 297 g/mol. The maximum Gasteiger partial charge on any atom is 0.328 e. The molecule has 0 saturated heterocycles. The maximum absolute atomic E-state index is 12.2. The third-order valence-corrected chi connectivity index (χ3v) is 3.23. The van der Waals surface area contributed by atoms with Gasteiger partial charge >= 0.3 is 6.03 Å². The maximum atomic E-state index is 12.2. The molecule has 0 radical (unpaired) electrons. The fraction of sp³-hybridized carbons (Fsp3) is 0.273. The molecule has 2 aromatic rings. The first-order valence-electron chi connectivity index (χ1n) is 5.62. The summed E-state index contributed by atoms with van der Waals surface area (Å²) in [7, 11) is 0. The van der Waals surface area contributed by atoms with Gasteiger partial charge in [0.2, 0.25) is 5.13 Å². The largest absolute Gasteiger partial charge is 0.338 e. The number of halogens is 1.